The fraction of sp³-hybridized carbons (Fsp3) is 0.526. The summed E-state index contributed by atoms with van der Waals surface area (Å²) in [5.74, 6) is -0.419. The molecule has 3 amide bonds. The molecule has 3 rings (SSSR count). The average molecular weight is 451 g/mol. The summed E-state index contributed by atoms with van der Waals surface area (Å²) in [5, 5.41) is 3.28. The molecule has 0 atom stereocenters. The van der Waals surface area contributed by atoms with E-state index in [9.17, 15) is 14.4 Å². The Morgan fingerprint density at radius 2 is 2.26 bits per heavy atom. The van der Waals surface area contributed by atoms with Gasteiger partial charge in [-0.1, -0.05) is 11.3 Å². The number of ether oxygens (including phenoxy) is 2. The summed E-state index contributed by atoms with van der Waals surface area (Å²) in [6.45, 7) is 2.97. The number of methoxy groups -OCH3 is 1. The van der Waals surface area contributed by atoms with Crippen LogP contribution in [0.3, 0.4) is 0 Å². The molecule has 1 saturated heterocycles. The topological polar surface area (TPSA) is 119 Å². The standard InChI is InChI=1S/C19H26N6O5S/c1-29-11-3-16(26)25(9-8-24-10-12-30-19(24)28)18-22-13-15(31-18)17(27)21-4-2-6-23-7-5-20-14-23/h5,7,13-14H,2-4,6,8-12H2,1H3,(H,21,27). The van der Waals surface area contributed by atoms with Crippen LogP contribution in [0.2, 0.25) is 0 Å². The van der Waals surface area contributed by atoms with Crippen LogP contribution in [-0.4, -0.2) is 83.8 Å². The van der Waals surface area contributed by atoms with Crippen molar-refractivity contribution in [2.24, 2.45) is 0 Å². The van der Waals surface area contributed by atoms with Crippen molar-refractivity contribution < 1.29 is 23.9 Å². The molecule has 1 aliphatic rings. The largest absolute Gasteiger partial charge is 0.448 e. The molecule has 0 bridgehead atoms. The van der Waals surface area contributed by atoms with Crippen LogP contribution >= 0.6 is 11.3 Å². The Bertz CT molecular complexity index is 871. The van der Waals surface area contributed by atoms with E-state index in [1.165, 1.54) is 23.1 Å². The summed E-state index contributed by atoms with van der Waals surface area (Å²) in [5.41, 5.74) is 0. The maximum absolute atomic E-state index is 12.7. The summed E-state index contributed by atoms with van der Waals surface area (Å²) in [4.78, 5) is 48.5. The van der Waals surface area contributed by atoms with E-state index in [2.05, 4.69) is 15.3 Å². The first-order valence-electron chi connectivity index (χ1n) is 9.99. The van der Waals surface area contributed by atoms with E-state index in [0.717, 1.165) is 24.3 Å². The Kier molecular flexibility index (Phi) is 8.35. The number of aromatic nitrogens is 3. The third kappa shape index (κ3) is 6.49. The van der Waals surface area contributed by atoms with Gasteiger partial charge in [0.05, 0.1) is 32.1 Å². The molecule has 168 valence electrons. The Morgan fingerprint density at radius 1 is 1.39 bits per heavy atom. The predicted molar refractivity (Wildman–Crippen MR) is 113 cm³/mol. The molecule has 0 spiro atoms. The highest BCUT2D eigenvalue weighted by Crippen LogP contribution is 2.23. The average Bonchev–Trinajstić information content (AvgIpc) is 3.53. The highest BCUT2D eigenvalue weighted by atomic mass is 32.1. The molecule has 3 heterocycles. The number of cyclic esters (lactones) is 1. The molecule has 2 aromatic rings. The van der Waals surface area contributed by atoms with Gasteiger partial charge < -0.3 is 24.3 Å². The lowest BCUT2D eigenvalue weighted by Gasteiger charge is -2.22. The van der Waals surface area contributed by atoms with Gasteiger partial charge in [0.25, 0.3) is 5.91 Å². The molecule has 1 N–H and O–H groups in total. The number of thiazole rings is 1. The normalized spacial score (nSPS) is 13.3. The number of carbonyl (C=O) groups excluding carboxylic acids is 3. The number of nitrogens with zero attached hydrogens (tertiary/aromatic N) is 5. The van der Waals surface area contributed by atoms with Crippen molar-refractivity contribution in [3.8, 4) is 0 Å². The first-order valence-corrected chi connectivity index (χ1v) is 10.8. The zero-order valence-electron chi connectivity index (χ0n) is 17.4. The minimum absolute atomic E-state index is 0.177. The zero-order valence-corrected chi connectivity index (χ0v) is 18.2. The third-order valence-electron chi connectivity index (χ3n) is 4.65. The number of amides is 3. The molecule has 0 radical (unpaired) electrons. The van der Waals surface area contributed by atoms with E-state index < -0.39 is 0 Å². The van der Waals surface area contributed by atoms with E-state index in [1.807, 2.05) is 10.8 Å². The van der Waals surface area contributed by atoms with Crippen LogP contribution in [0.5, 0.6) is 0 Å². The summed E-state index contributed by atoms with van der Waals surface area (Å²) < 4.78 is 11.9. The van der Waals surface area contributed by atoms with Crippen LogP contribution in [0.25, 0.3) is 0 Å². The van der Waals surface area contributed by atoms with Crippen molar-refractivity contribution in [1.82, 2.24) is 24.8 Å². The molecule has 0 aliphatic carbocycles. The van der Waals surface area contributed by atoms with Crippen LogP contribution < -0.4 is 10.2 Å². The van der Waals surface area contributed by atoms with E-state index in [0.29, 0.717) is 36.2 Å². The molecule has 0 unspecified atom stereocenters. The van der Waals surface area contributed by atoms with Crippen LogP contribution in [-0.2, 0) is 20.8 Å². The highest BCUT2D eigenvalue weighted by molar-refractivity contribution is 7.17. The number of hydrogen-bond acceptors (Lipinski definition) is 8. The zero-order chi connectivity index (χ0) is 22.1. The number of imidazole rings is 1. The Morgan fingerprint density at radius 3 is 2.97 bits per heavy atom. The van der Waals surface area contributed by atoms with E-state index >= 15 is 0 Å². The minimum Gasteiger partial charge on any atom is -0.448 e. The van der Waals surface area contributed by atoms with E-state index in [1.54, 1.807) is 12.5 Å². The van der Waals surface area contributed by atoms with Crippen LogP contribution in [0.1, 0.15) is 22.5 Å². The number of hydrogen-bond donors (Lipinski definition) is 1. The van der Waals surface area contributed by atoms with Crippen molar-refractivity contribution in [2.75, 3.05) is 51.4 Å². The van der Waals surface area contributed by atoms with Crippen LogP contribution in [0, 0.1) is 0 Å². The first-order chi connectivity index (χ1) is 15.1. The molecular formula is C19H26N6O5S. The number of rotatable bonds is 12. The van der Waals surface area contributed by atoms with Crippen molar-refractivity contribution in [3.05, 3.63) is 29.8 Å². The fourth-order valence-electron chi connectivity index (χ4n) is 2.97. The van der Waals surface area contributed by atoms with Gasteiger partial charge in [-0.05, 0) is 6.42 Å². The summed E-state index contributed by atoms with van der Waals surface area (Å²) in [7, 11) is 1.52. The molecule has 12 heteroatoms. The number of carbonyl (C=O) groups is 3. The molecule has 1 aliphatic heterocycles. The minimum atomic E-state index is -0.390. The molecule has 0 aromatic carbocycles. The highest BCUT2D eigenvalue weighted by Gasteiger charge is 2.25. The van der Waals surface area contributed by atoms with Gasteiger partial charge in [-0.25, -0.2) is 14.8 Å². The van der Waals surface area contributed by atoms with Crippen LogP contribution in [0.15, 0.2) is 24.9 Å². The molecule has 11 nitrogen and oxygen atoms in total. The monoisotopic (exact) mass is 450 g/mol. The second-order valence-electron chi connectivity index (χ2n) is 6.81. The molecule has 2 aromatic heterocycles. The van der Waals surface area contributed by atoms with Crippen molar-refractivity contribution in [3.63, 3.8) is 0 Å². The predicted octanol–water partition coefficient (Wildman–Crippen LogP) is 0.981. The number of anilines is 1. The maximum atomic E-state index is 12.7. The van der Waals surface area contributed by atoms with E-state index in [-0.39, 0.29) is 37.5 Å². The first kappa shape index (κ1) is 22.7. The lowest BCUT2D eigenvalue weighted by molar-refractivity contribution is -0.119. The van der Waals surface area contributed by atoms with Crippen molar-refractivity contribution in [2.45, 2.75) is 19.4 Å². The second kappa shape index (κ2) is 11.4. The van der Waals surface area contributed by atoms with Gasteiger partial charge in [0.15, 0.2) is 5.13 Å². The quantitative estimate of drug-likeness (QED) is 0.479. The molecule has 31 heavy (non-hydrogen) atoms. The van der Waals surface area contributed by atoms with Gasteiger partial charge in [0.1, 0.15) is 11.5 Å². The second-order valence-corrected chi connectivity index (χ2v) is 7.82. The lowest BCUT2D eigenvalue weighted by atomic mass is 10.3. The molecule has 0 saturated carbocycles. The van der Waals surface area contributed by atoms with Gasteiger partial charge in [-0.2, -0.15) is 0 Å². The van der Waals surface area contributed by atoms with Gasteiger partial charge in [-0.3, -0.25) is 14.5 Å². The smallest absolute Gasteiger partial charge is 0.410 e. The Balaban J connectivity index is 1.56. The summed E-state index contributed by atoms with van der Waals surface area (Å²) in [6, 6.07) is 0. The molecule has 1 fully saturated rings. The lowest BCUT2D eigenvalue weighted by Crippen LogP contribution is -2.39. The summed E-state index contributed by atoms with van der Waals surface area (Å²) >= 11 is 1.14. The maximum Gasteiger partial charge on any atom is 0.410 e. The van der Waals surface area contributed by atoms with Crippen LogP contribution in [0.4, 0.5) is 9.93 Å². The van der Waals surface area contributed by atoms with Crippen molar-refractivity contribution >= 4 is 34.4 Å². The SMILES string of the molecule is COCCC(=O)N(CCN1CCOC1=O)c1ncc(C(=O)NCCCn2ccnc2)s1. The van der Waals surface area contributed by atoms with Gasteiger partial charge in [-0.15, -0.1) is 0 Å². The van der Waals surface area contributed by atoms with Gasteiger partial charge >= 0.3 is 6.09 Å². The number of aryl methyl sites for hydroxylation is 1. The third-order valence-corrected chi connectivity index (χ3v) is 5.66. The van der Waals surface area contributed by atoms with Gasteiger partial charge in [0.2, 0.25) is 5.91 Å². The van der Waals surface area contributed by atoms with Crippen molar-refractivity contribution in [1.29, 1.82) is 0 Å². The Hall–Kier alpha value is -2.99. The molecular weight excluding hydrogens is 424 g/mol. The fourth-order valence-corrected chi connectivity index (χ4v) is 3.84. The number of nitrogens with one attached hydrogen (secondary N) is 1. The Labute approximate surface area is 184 Å². The van der Waals surface area contributed by atoms with E-state index in [4.69, 9.17) is 9.47 Å². The summed E-state index contributed by atoms with van der Waals surface area (Å²) in [6.07, 6.45) is 7.33. The van der Waals surface area contributed by atoms with Gasteiger partial charge in [0, 0.05) is 45.7 Å².